The number of nitrogens with zero attached hydrogens (tertiary/aromatic N) is 2. The van der Waals surface area contributed by atoms with Gasteiger partial charge >= 0.3 is 0 Å². The first-order chi connectivity index (χ1) is 8.75. The van der Waals surface area contributed by atoms with E-state index >= 15 is 0 Å². The lowest BCUT2D eigenvalue weighted by molar-refractivity contribution is 0.133. The summed E-state index contributed by atoms with van der Waals surface area (Å²) in [6.45, 7) is 1.96. The van der Waals surface area contributed by atoms with Crippen LogP contribution in [0.3, 0.4) is 0 Å². The molecule has 0 saturated heterocycles. The van der Waals surface area contributed by atoms with Crippen LogP contribution in [-0.2, 0) is 6.42 Å². The van der Waals surface area contributed by atoms with Gasteiger partial charge in [0.1, 0.15) is 11.1 Å². The predicted molar refractivity (Wildman–Crippen MR) is 71.7 cm³/mol. The van der Waals surface area contributed by atoms with E-state index in [1.54, 1.807) is 0 Å². The molecule has 2 aromatic heterocycles. The zero-order chi connectivity index (χ0) is 12.5. The smallest absolute Gasteiger partial charge is 0.122 e. The van der Waals surface area contributed by atoms with Crippen molar-refractivity contribution in [2.75, 3.05) is 0 Å². The number of aromatic nitrogens is 2. The summed E-state index contributed by atoms with van der Waals surface area (Å²) in [7, 11) is 0. The fourth-order valence-corrected chi connectivity index (χ4v) is 3.48. The van der Waals surface area contributed by atoms with Gasteiger partial charge in [0.05, 0.1) is 0 Å². The van der Waals surface area contributed by atoms with E-state index in [9.17, 15) is 5.11 Å². The van der Waals surface area contributed by atoms with Crippen molar-refractivity contribution in [2.24, 2.45) is 0 Å². The van der Waals surface area contributed by atoms with Crippen LogP contribution in [0.15, 0.2) is 23.7 Å². The van der Waals surface area contributed by atoms with Crippen LogP contribution in [0.2, 0.25) is 0 Å². The molecule has 94 valence electrons. The molecule has 1 aliphatic rings. The summed E-state index contributed by atoms with van der Waals surface area (Å²) in [6.07, 6.45) is 4.48. The van der Waals surface area contributed by atoms with Gasteiger partial charge in [0.25, 0.3) is 0 Å². The van der Waals surface area contributed by atoms with E-state index in [2.05, 4.69) is 16.0 Å². The average molecular weight is 260 g/mol. The van der Waals surface area contributed by atoms with Crippen molar-refractivity contribution < 1.29 is 5.11 Å². The van der Waals surface area contributed by atoms with Crippen LogP contribution in [0.1, 0.15) is 46.8 Å². The topological polar surface area (TPSA) is 46.0 Å². The zero-order valence-corrected chi connectivity index (χ0v) is 11.2. The highest BCUT2D eigenvalue weighted by molar-refractivity contribution is 7.09. The van der Waals surface area contributed by atoms with Gasteiger partial charge in [0.2, 0.25) is 0 Å². The Balaban J connectivity index is 1.94. The van der Waals surface area contributed by atoms with Crippen molar-refractivity contribution in [3.63, 3.8) is 0 Å². The number of fused-ring (bicyclic) bond motifs is 1. The molecule has 4 heteroatoms. The maximum absolute atomic E-state index is 10.5. The average Bonchev–Trinajstić information content (AvgIpc) is 2.84. The maximum Gasteiger partial charge on any atom is 0.122 e. The quantitative estimate of drug-likeness (QED) is 0.903. The molecule has 1 aliphatic carbocycles. The maximum atomic E-state index is 10.5. The van der Waals surface area contributed by atoms with E-state index in [1.807, 2.05) is 24.6 Å². The molecular formula is C14H16N2OS. The van der Waals surface area contributed by atoms with Crippen molar-refractivity contribution in [1.82, 2.24) is 9.97 Å². The molecule has 0 spiro atoms. The van der Waals surface area contributed by atoms with Crippen molar-refractivity contribution >= 4 is 11.3 Å². The van der Waals surface area contributed by atoms with Gasteiger partial charge in [0.15, 0.2) is 0 Å². The summed E-state index contributed by atoms with van der Waals surface area (Å²) in [5.74, 6) is 0.0977. The van der Waals surface area contributed by atoms with Gasteiger partial charge in [0, 0.05) is 28.9 Å². The fraction of sp³-hybridized carbons (Fsp3) is 0.429. The normalized spacial score (nSPS) is 20.4. The van der Waals surface area contributed by atoms with Crippen LogP contribution in [-0.4, -0.2) is 15.1 Å². The van der Waals surface area contributed by atoms with E-state index < -0.39 is 6.10 Å². The molecule has 2 atom stereocenters. The molecular weight excluding hydrogens is 244 g/mol. The summed E-state index contributed by atoms with van der Waals surface area (Å²) in [6, 6.07) is 4.09. The fourth-order valence-electron chi connectivity index (χ4n) is 2.63. The lowest BCUT2D eigenvalue weighted by atomic mass is 9.83. The number of thiazole rings is 1. The summed E-state index contributed by atoms with van der Waals surface area (Å²) in [4.78, 5) is 8.87. The van der Waals surface area contributed by atoms with Crippen molar-refractivity contribution in [3.8, 4) is 0 Å². The zero-order valence-electron chi connectivity index (χ0n) is 10.3. The molecule has 2 unspecified atom stereocenters. The minimum Gasteiger partial charge on any atom is -0.385 e. The largest absolute Gasteiger partial charge is 0.385 e. The number of hydrogen-bond acceptors (Lipinski definition) is 4. The Morgan fingerprint density at radius 1 is 1.50 bits per heavy atom. The molecule has 3 nitrogen and oxygen atoms in total. The van der Waals surface area contributed by atoms with Crippen LogP contribution >= 0.6 is 11.3 Å². The summed E-state index contributed by atoms with van der Waals surface area (Å²) in [5, 5.41) is 13.3. The van der Waals surface area contributed by atoms with E-state index in [4.69, 9.17) is 0 Å². The van der Waals surface area contributed by atoms with E-state index in [-0.39, 0.29) is 5.92 Å². The highest BCUT2D eigenvalue weighted by Crippen LogP contribution is 2.39. The summed E-state index contributed by atoms with van der Waals surface area (Å²) >= 11 is 1.54. The van der Waals surface area contributed by atoms with Gasteiger partial charge in [-0.2, -0.15) is 0 Å². The molecule has 18 heavy (non-hydrogen) atoms. The molecule has 2 heterocycles. The first kappa shape index (κ1) is 11.8. The third kappa shape index (κ3) is 2.06. The van der Waals surface area contributed by atoms with Crippen LogP contribution in [0.5, 0.6) is 0 Å². The third-order valence-corrected chi connectivity index (χ3v) is 4.54. The second-order valence-electron chi connectivity index (χ2n) is 4.82. The third-order valence-electron chi connectivity index (χ3n) is 3.51. The van der Waals surface area contributed by atoms with E-state index in [0.29, 0.717) is 0 Å². The number of aryl methyl sites for hydroxylation is 2. The van der Waals surface area contributed by atoms with Gasteiger partial charge in [-0.05, 0) is 37.8 Å². The van der Waals surface area contributed by atoms with Crippen molar-refractivity contribution in [2.45, 2.75) is 38.2 Å². The molecule has 0 fully saturated rings. The Kier molecular flexibility index (Phi) is 3.14. The van der Waals surface area contributed by atoms with Crippen LogP contribution in [0.4, 0.5) is 0 Å². The molecule has 3 rings (SSSR count). The Labute approximate surface area is 111 Å². The first-order valence-corrected chi connectivity index (χ1v) is 7.17. The Morgan fingerprint density at radius 2 is 2.39 bits per heavy atom. The van der Waals surface area contributed by atoms with Gasteiger partial charge in [-0.15, -0.1) is 11.3 Å². The molecule has 0 radical (unpaired) electrons. The van der Waals surface area contributed by atoms with Crippen LogP contribution < -0.4 is 0 Å². The Morgan fingerprint density at radius 3 is 3.17 bits per heavy atom. The Bertz CT molecular complexity index is 552. The highest BCUT2D eigenvalue weighted by atomic mass is 32.1. The van der Waals surface area contributed by atoms with E-state index in [0.717, 1.165) is 35.7 Å². The van der Waals surface area contributed by atoms with Crippen LogP contribution in [0, 0.1) is 6.92 Å². The van der Waals surface area contributed by atoms with Gasteiger partial charge < -0.3 is 5.11 Å². The minimum atomic E-state index is -0.516. The molecule has 2 aromatic rings. The Hall–Kier alpha value is -1.26. The number of hydrogen-bond donors (Lipinski definition) is 1. The summed E-state index contributed by atoms with van der Waals surface area (Å²) < 4.78 is 0. The SMILES string of the molecule is Cc1csc(C(O)C2CCCc3cccnc32)n1. The molecule has 1 N–H and O–H groups in total. The van der Waals surface area contributed by atoms with E-state index in [1.165, 1.54) is 16.9 Å². The number of aliphatic hydroxyl groups excluding tert-OH is 1. The second kappa shape index (κ2) is 4.78. The van der Waals surface area contributed by atoms with Crippen molar-refractivity contribution in [1.29, 1.82) is 0 Å². The monoisotopic (exact) mass is 260 g/mol. The van der Waals surface area contributed by atoms with Crippen LogP contribution in [0.25, 0.3) is 0 Å². The summed E-state index contributed by atoms with van der Waals surface area (Å²) in [5.41, 5.74) is 3.32. The predicted octanol–water partition coefficient (Wildman–Crippen LogP) is 3.00. The molecule has 0 bridgehead atoms. The number of pyridine rings is 1. The highest BCUT2D eigenvalue weighted by Gasteiger charge is 2.30. The lowest BCUT2D eigenvalue weighted by Gasteiger charge is -2.27. The number of rotatable bonds is 2. The first-order valence-electron chi connectivity index (χ1n) is 6.29. The molecule has 0 aromatic carbocycles. The van der Waals surface area contributed by atoms with Gasteiger partial charge in [-0.1, -0.05) is 6.07 Å². The number of aliphatic hydroxyl groups is 1. The van der Waals surface area contributed by atoms with Gasteiger partial charge in [-0.25, -0.2) is 4.98 Å². The minimum absolute atomic E-state index is 0.0977. The van der Waals surface area contributed by atoms with Gasteiger partial charge in [-0.3, -0.25) is 4.98 Å². The second-order valence-corrected chi connectivity index (χ2v) is 5.71. The molecule has 0 amide bonds. The molecule has 0 saturated carbocycles. The lowest BCUT2D eigenvalue weighted by Crippen LogP contribution is -2.18. The standard InChI is InChI=1S/C14H16N2OS/c1-9-8-18-14(16-9)13(17)11-6-2-4-10-5-3-7-15-12(10)11/h3,5,7-8,11,13,17H,2,4,6H2,1H3. The molecule has 0 aliphatic heterocycles. The van der Waals surface area contributed by atoms with Crippen molar-refractivity contribution in [3.05, 3.63) is 45.7 Å².